The van der Waals surface area contributed by atoms with Crippen molar-refractivity contribution in [3.8, 4) is 0 Å². The second-order valence-corrected chi connectivity index (χ2v) is 7.68. The van der Waals surface area contributed by atoms with Crippen molar-refractivity contribution in [2.45, 2.75) is 29.6 Å². The van der Waals surface area contributed by atoms with E-state index >= 15 is 0 Å². The number of fused-ring (bicyclic) bond motifs is 2. The number of esters is 1. The Hall–Kier alpha value is -2.15. The molecule has 0 saturated carbocycles. The predicted molar refractivity (Wildman–Crippen MR) is 101 cm³/mol. The number of carbonyl (C=O) groups is 2. The molecule has 140 valence electrons. The Labute approximate surface area is 162 Å². The molecule has 0 radical (unpaired) electrons. The van der Waals surface area contributed by atoms with Gasteiger partial charge in [0.1, 0.15) is 19.5 Å². The first-order chi connectivity index (χ1) is 13.1. The van der Waals surface area contributed by atoms with Crippen molar-refractivity contribution in [3.05, 3.63) is 64.7 Å². The molecule has 2 aliphatic heterocycles. The van der Waals surface area contributed by atoms with Gasteiger partial charge in [0, 0.05) is 21.8 Å². The molecule has 2 heterocycles. The number of rotatable bonds is 4. The number of hydrogen-bond acceptors (Lipinski definition) is 6. The predicted octanol–water partition coefficient (Wildman–Crippen LogP) is 3.54. The minimum atomic E-state index is -0.418. The lowest BCUT2D eigenvalue weighted by Crippen LogP contribution is -2.23. The maximum atomic E-state index is 12.9. The summed E-state index contributed by atoms with van der Waals surface area (Å²) in [6, 6.07) is 13.3. The van der Waals surface area contributed by atoms with Gasteiger partial charge in [0.05, 0.1) is 12.5 Å². The minimum absolute atomic E-state index is 0.0331. The standard InChI is InChI=1S/C21H20O5S/c1-13(21(23)25-10-16-9-24-12-26-16)14-6-7-18-19(8-14)27-11-15-4-2-3-5-17(15)20(18)22/h2-8,13,16H,9-12H2,1H3. The SMILES string of the molecule is CC(C(=O)OCC1COCO1)c1ccc2c(c1)SCc1ccccc1C2=O. The summed E-state index contributed by atoms with van der Waals surface area (Å²) in [5, 5.41) is 0. The van der Waals surface area contributed by atoms with Crippen LogP contribution in [0.1, 0.15) is 39.9 Å². The van der Waals surface area contributed by atoms with Gasteiger partial charge in [-0.3, -0.25) is 9.59 Å². The Balaban J connectivity index is 1.51. The van der Waals surface area contributed by atoms with Crippen LogP contribution in [0.2, 0.25) is 0 Å². The Morgan fingerprint density at radius 1 is 1.26 bits per heavy atom. The molecule has 2 aromatic carbocycles. The van der Waals surface area contributed by atoms with E-state index in [4.69, 9.17) is 14.2 Å². The van der Waals surface area contributed by atoms with E-state index in [0.29, 0.717) is 12.2 Å². The first kappa shape index (κ1) is 18.2. The van der Waals surface area contributed by atoms with Crippen LogP contribution in [0.15, 0.2) is 47.4 Å². The summed E-state index contributed by atoms with van der Waals surface area (Å²) in [7, 11) is 0. The van der Waals surface area contributed by atoms with E-state index in [1.165, 1.54) is 0 Å². The maximum Gasteiger partial charge on any atom is 0.313 e. The van der Waals surface area contributed by atoms with Crippen LogP contribution in [-0.2, 0) is 24.8 Å². The summed E-state index contributed by atoms with van der Waals surface area (Å²) in [6.07, 6.45) is -0.195. The molecule has 2 aromatic rings. The molecule has 1 saturated heterocycles. The number of benzene rings is 2. The van der Waals surface area contributed by atoms with Crippen LogP contribution in [0.5, 0.6) is 0 Å². The van der Waals surface area contributed by atoms with E-state index in [-0.39, 0.29) is 31.3 Å². The van der Waals surface area contributed by atoms with E-state index in [0.717, 1.165) is 27.3 Å². The number of hydrogen-bond donors (Lipinski definition) is 0. The fourth-order valence-electron chi connectivity index (χ4n) is 3.19. The lowest BCUT2D eigenvalue weighted by Gasteiger charge is -2.15. The van der Waals surface area contributed by atoms with Gasteiger partial charge in [-0.25, -0.2) is 0 Å². The first-order valence-electron chi connectivity index (χ1n) is 8.89. The molecule has 0 aromatic heterocycles. The number of carbonyl (C=O) groups excluding carboxylic acids is 2. The molecule has 1 fully saturated rings. The fraction of sp³-hybridized carbons (Fsp3) is 0.333. The molecule has 6 heteroatoms. The smallest absolute Gasteiger partial charge is 0.313 e. The van der Waals surface area contributed by atoms with E-state index in [1.807, 2.05) is 49.4 Å². The van der Waals surface area contributed by atoms with Crippen LogP contribution >= 0.6 is 11.8 Å². The highest BCUT2D eigenvalue weighted by atomic mass is 32.2. The van der Waals surface area contributed by atoms with E-state index in [2.05, 4.69) is 0 Å². The van der Waals surface area contributed by atoms with Crippen LogP contribution in [0, 0.1) is 0 Å². The molecule has 0 bridgehead atoms. The molecular formula is C21H20O5S. The summed E-state index contributed by atoms with van der Waals surface area (Å²) in [6.45, 7) is 2.70. The summed E-state index contributed by atoms with van der Waals surface area (Å²) in [5.74, 6) is 0.0411. The normalized spacial score (nSPS) is 19.7. The average molecular weight is 384 g/mol. The Kier molecular flexibility index (Phi) is 5.29. The molecule has 27 heavy (non-hydrogen) atoms. The minimum Gasteiger partial charge on any atom is -0.462 e. The first-order valence-corrected chi connectivity index (χ1v) is 9.87. The van der Waals surface area contributed by atoms with Crippen molar-refractivity contribution in [3.63, 3.8) is 0 Å². The molecule has 4 rings (SSSR count). The quantitative estimate of drug-likeness (QED) is 0.752. The zero-order valence-corrected chi connectivity index (χ0v) is 15.8. The lowest BCUT2D eigenvalue weighted by molar-refractivity contribution is -0.148. The maximum absolute atomic E-state index is 12.9. The summed E-state index contributed by atoms with van der Waals surface area (Å²) >= 11 is 1.62. The average Bonchev–Trinajstić information content (AvgIpc) is 3.18. The summed E-state index contributed by atoms with van der Waals surface area (Å²) in [5.41, 5.74) is 3.32. The van der Waals surface area contributed by atoms with Crippen molar-refractivity contribution in [2.75, 3.05) is 20.0 Å². The zero-order chi connectivity index (χ0) is 18.8. The van der Waals surface area contributed by atoms with Gasteiger partial charge in [0.15, 0.2) is 5.78 Å². The van der Waals surface area contributed by atoms with Crippen LogP contribution in [0.3, 0.4) is 0 Å². The second kappa shape index (κ2) is 7.84. The highest BCUT2D eigenvalue weighted by Crippen LogP contribution is 2.35. The topological polar surface area (TPSA) is 61.8 Å². The third-order valence-corrected chi connectivity index (χ3v) is 5.96. The molecule has 2 unspecified atom stereocenters. The van der Waals surface area contributed by atoms with Gasteiger partial charge in [-0.1, -0.05) is 30.3 Å². The molecule has 2 aliphatic rings. The van der Waals surface area contributed by atoms with Gasteiger partial charge >= 0.3 is 5.97 Å². The third-order valence-electron chi connectivity index (χ3n) is 4.85. The lowest BCUT2D eigenvalue weighted by atomic mass is 9.95. The van der Waals surface area contributed by atoms with Crippen molar-refractivity contribution in [2.24, 2.45) is 0 Å². The Morgan fingerprint density at radius 3 is 2.93 bits per heavy atom. The Morgan fingerprint density at radius 2 is 2.11 bits per heavy atom. The van der Waals surface area contributed by atoms with E-state index in [9.17, 15) is 9.59 Å². The van der Waals surface area contributed by atoms with Crippen LogP contribution in [0.25, 0.3) is 0 Å². The van der Waals surface area contributed by atoms with E-state index in [1.54, 1.807) is 11.8 Å². The van der Waals surface area contributed by atoms with Crippen molar-refractivity contribution < 1.29 is 23.8 Å². The molecule has 0 spiro atoms. The molecule has 2 atom stereocenters. The highest BCUT2D eigenvalue weighted by molar-refractivity contribution is 7.98. The third kappa shape index (κ3) is 3.78. The van der Waals surface area contributed by atoms with Gasteiger partial charge in [-0.15, -0.1) is 11.8 Å². The monoisotopic (exact) mass is 384 g/mol. The van der Waals surface area contributed by atoms with E-state index < -0.39 is 5.92 Å². The summed E-state index contributed by atoms with van der Waals surface area (Å²) < 4.78 is 15.7. The number of ether oxygens (including phenoxy) is 3. The second-order valence-electron chi connectivity index (χ2n) is 6.66. The highest BCUT2D eigenvalue weighted by Gasteiger charge is 2.25. The van der Waals surface area contributed by atoms with Gasteiger partial charge in [-0.05, 0) is 30.2 Å². The van der Waals surface area contributed by atoms with Crippen molar-refractivity contribution in [1.82, 2.24) is 0 Å². The molecule has 0 N–H and O–H groups in total. The fourth-order valence-corrected chi connectivity index (χ4v) is 4.29. The van der Waals surface area contributed by atoms with Crippen molar-refractivity contribution >= 4 is 23.5 Å². The van der Waals surface area contributed by atoms with Crippen LogP contribution in [0.4, 0.5) is 0 Å². The zero-order valence-electron chi connectivity index (χ0n) is 15.0. The molecule has 0 aliphatic carbocycles. The molecular weight excluding hydrogens is 364 g/mol. The number of thioether (sulfide) groups is 1. The van der Waals surface area contributed by atoms with Crippen LogP contribution in [-0.4, -0.2) is 37.9 Å². The van der Waals surface area contributed by atoms with Gasteiger partial charge < -0.3 is 14.2 Å². The van der Waals surface area contributed by atoms with Gasteiger partial charge in [0.25, 0.3) is 0 Å². The van der Waals surface area contributed by atoms with Gasteiger partial charge in [-0.2, -0.15) is 0 Å². The van der Waals surface area contributed by atoms with Crippen molar-refractivity contribution in [1.29, 1.82) is 0 Å². The Bertz CT molecular complexity index is 873. The van der Waals surface area contributed by atoms with Crippen LogP contribution < -0.4 is 0 Å². The van der Waals surface area contributed by atoms with Gasteiger partial charge in [0.2, 0.25) is 0 Å². The largest absolute Gasteiger partial charge is 0.462 e. The summed E-state index contributed by atoms with van der Waals surface area (Å²) in [4.78, 5) is 26.2. The molecule has 5 nitrogen and oxygen atoms in total. The number of ketones is 1. The molecule has 0 amide bonds.